The molecule has 96 valence electrons. The van der Waals surface area contributed by atoms with Gasteiger partial charge in [0.2, 0.25) is 0 Å². The predicted octanol–water partition coefficient (Wildman–Crippen LogP) is 2.07. The predicted molar refractivity (Wildman–Crippen MR) is 77.1 cm³/mol. The van der Waals surface area contributed by atoms with E-state index in [-0.39, 0.29) is 0 Å². The van der Waals surface area contributed by atoms with E-state index in [1.54, 1.807) is 5.54 Å². The van der Waals surface area contributed by atoms with Crippen LogP contribution in [0.25, 0.3) is 0 Å². The molecular weight excluding hydrogens is 246 g/mol. The fourth-order valence-corrected chi connectivity index (χ4v) is 3.10. The third-order valence-corrected chi connectivity index (χ3v) is 4.12. The van der Waals surface area contributed by atoms with Crippen LogP contribution in [0.1, 0.15) is 5.56 Å². The molecule has 1 fully saturated rings. The second-order valence-corrected chi connectivity index (χ2v) is 5.30. The number of halogens is 1. The number of nitrogens with two attached hydrogens (primary N) is 1. The zero-order valence-corrected chi connectivity index (χ0v) is 11.1. The number of benzene rings is 1. The van der Waals surface area contributed by atoms with Crippen molar-refractivity contribution in [2.24, 2.45) is 0 Å². The largest absolute Gasteiger partial charge is 0.399 e. The molecule has 3 nitrogen and oxygen atoms in total. The summed E-state index contributed by atoms with van der Waals surface area (Å²) in [5, 5.41) is 0. The summed E-state index contributed by atoms with van der Waals surface area (Å²) in [5.41, 5.74) is 11.1. The molecule has 2 bridgehead atoms. The van der Waals surface area contributed by atoms with E-state index in [1.165, 1.54) is 11.3 Å². The SMILES string of the molecule is Nc1ccc2c(c1)N1CCN(C/C=C/Cl)C(C2)C1. The van der Waals surface area contributed by atoms with E-state index in [9.17, 15) is 0 Å². The van der Waals surface area contributed by atoms with Gasteiger partial charge in [-0.05, 0) is 24.1 Å². The summed E-state index contributed by atoms with van der Waals surface area (Å²) in [5.74, 6) is 0. The van der Waals surface area contributed by atoms with Crippen molar-refractivity contribution in [3.05, 3.63) is 35.4 Å². The molecule has 2 heterocycles. The molecule has 0 saturated carbocycles. The number of nitrogen functional groups attached to an aromatic ring is 1. The van der Waals surface area contributed by atoms with Crippen molar-refractivity contribution >= 4 is 23.0 Å². The monoisotopic (exact) mass is 263 g/mol. The summed E-state index contributed by atoms with van der Waals surface area (Å²) >= 11 is 5.62. The molecule has 0 aliphatic carbocycles. The first-order valence-corrected chi connectivity index (χ1v) is 6.84. The maximum absolute atomic E-state index is 5.88. The van der Waals surface area contributed by atoms with E-state index < -0.39 is 0 Å². The minimum absolute atomic E-state index is 0.600. The Morgan fingerprint density at radius 3 is 3.11 bits per heavy atom. The van der Waals surface area contributed by atoms with E-state index in [0.29, 0.717) is 6.04 Å². The molecule has 2 aliphatic heterocycles. The van der Waals surface area contributed by atoms with Gasteiger partial charge in [0.05, 0.1) is 0 Å². The minimum atomic E-state index is 0.600. The second-order valence-electron chi connectivity index (χ2n) is 5.05. The zero-order valence-electron chi connectivity index (χ0n) is 10.3. The van der Waals surface area contributed by atoms with Crippen molar-refractivity contribution in [1.29, 1.82) is 0 Å². The van der Waals surface area contributed by atoms with Crippen molar-refractivity contribution in [2.45, 2.75) is 12.5 Å². The number of hydrogen-bond acceptors (Lipinski definition) is 3. The molecule has 1 aromatic carbocycles. The lowest BCUT2D eigenvalue weighted by Crippen LogP contribution is -2.56. The van der Waals surface area contributed by atoms with E-state index in [2.05, 4.69) is 21.9 Å². The molecule has 3 rings (SSSR count). The lowest BCUT2D eigenvalue weighted by molar-refractivity contribution is 0.188. The van der Waals surface area contributed by atoms with Crippen LogP contribution < -0.4 is 10.6 Å². The summed E-state index contributed by atoms with van der Waals surface area (Å²) in [6, 6.07) is 6.89. The first kappa shape index (κ1) is 11.9. The Balaban J connectivity index is 1.84. The topological polar surface area (TPSA) is 32.5 Å². The van der Waals surface area contributed by atoms with Gasteiger partial charge in [-0.1, -0.05) is 23.7 Å². The highest BCUT2D eigenvalue weighted by Gasteiger charge is 2.32. The number of hydrogen-bond donors (Lipinski definition) is 1. The Morgan fingerprint density at radius 1 is 1.39 bits per heavy atom. The molecule has 1 atom stereocenters. The number of fused-ring (bicyclic) bond motifs is 4. The van der Waals surface area contributed by atoms with Gasteiger partial charge in [-0.2, -0.15) is 0 Å². The van der Waals surface area contributed by atoms with Gasteiger partial charge >= 0.3 is 0 Å². The third-order valence-electron chi connectivity index (χ3n) is 3.94. The first-order valence-electron chi connectivity index (χ1n) is 6.40. The summed E-state index contributed by atoms with van der Waals surface area (Å²) in [6.07, 6.45) is 3.14. The minimum Gasteiger partial charge on any atom is -0.399 e. The van der Waals surface area contributed by atoms with Crippen molar-refractivity contribution in [3.63, 3.8) is 0 Å². The van der Waals surface area contributed by atoms with Crippen molar-refractivity contribution in [1.82, 2.24) is 4.90 Å². The Bertz CT molecular complexity index is 472. The van der Waals surface area contributed by atoms with Crippen molar-refractivity contribution in [3.8, 4) is 0 Å². The molecule has 0 aromatic heterocycles. The van der Waals surface area contributed by atoms with Crippen molar-refractivity contribution in [2.75, 3.05) is 36.8 Å². The number of nitrogens with zero attached hydrogens (tertiary/aromatic N) is 2. The summed E-state index contributed by atoms with van der Waals surface area (Å²) < 4.78 is 0. The van der Waals surface area contributed by atoms with Crippen molar-refractivity contribution < 1.29 is 0 Å². The molecule has 18 heavy (non-hydrogen) atoms. The molecule has 1 aromatic rings. The maximum atomic E-state index is 5.88. The van der Waals surface area contributed by atoms with Crippen LogP contribution in [0.15, 0.2) is 29.8 Å². The Hall–Kier alpha value is -1.19. The number of anilines is 2. The molecule has 0 spiro atoms. The Kier molecular flexibility index (Phi) is 3.18. The van der Waals surface area contributed by atoms with Gasteiger partial charge in [-0.3, -0.25) is 4.90 Å². The van der Waals surface area contributed by atoms with E-state index in [1.807, 2.05) is 12.1 Å². The second kappa shape index (κ2) is 4.82. The molecule has 4 heteroatoms. The van der Waals surface area contributed by atoms with Crippen LogP contribution >= 0.6 is 11.6 Å². The average molecular weight is 264 g/mol. The van der Waals surface area contributed by atoms with Crippen LogP contribution in [-0.4, -0.2) is 37.1 Å². The molecule has 1 unspecified atom stereocenters. The smallest absolute Gasteiger partial charge is 0.0421 e. The fraction of sp³-hybridized carbons (Fsp3) is 0.429. The van der Waals surface area contributed by atoms with Crippen LogP contribution in [0.5, 0.6) is 0 Å². The van der Waals surface area contributed by atoms with E-state index >= 15 is 0 Å². The molecule has 2 N–H and O–H groups in total. The Morgan fingerprint density at radius 2 is 2.28 bits per heavy atom. The highest BCUT2D eigenvalue weighted by atomic mass is 35.5. The summed E-state index contributed by atoms with van der Waals surface area (Å²) in [6.45, 7) is 4.22. The van der Waals surface area contributed by atoms with E-state index in [0.717, 1.165) is 38.3 Å². The third kappa shape index (κ3) is 2.08. The Labute approximate surface area is 113 Å². The van der Waals surface area contributed by atoms with Gasteiger partial charge in [0.25, 0.3) is 0 Å². The highest BCUT2D eigenvalue weighted by molar-refractivity contribution is 6.25. The first-order chi connectivity index (χ1) is 8.78. The van der Waals surface area contributed by atoms with Gasteiger partial charge < -0.3 is 10.6 Å². The maximum Gasteiger partial charge on any atom is 0.0421 e. The quantitative estimate of drug-likeness (QED) is 0.829. The van der Waals surface area contributed by atoms with Crippen LogP contribution in [0, 0.1) is 0 Å². The molecule has 2 aliphatic rings. The van der Waals surface area contributed by atoms with Crippen LogP contribution in [0.3, 0.4) is 0 Å². The highest BCUT2D eigenvalue weighted by Crippen LogP contribution is 2.32. The van der Waals surface area contributed by atoms with Gasteiger partial charge in [-0.25, -0.2) is 0 Å². The van der Waals surface area contributed by atoms with Gasteiger partial charge in [0.15, 0.2) is 0 Å². The standard InChI is InChI=1S/C14H18ClN3/c15-4-1-5-17-6-7-18-10-13(17)8-11-2-3-12(16)9-14(11)18/h1-4,9,13H,5-8,10,16H2/b4-1+. The molecule has 0 radical (unpaired) electrons. The van der Waals surface area contributed by atoms with Gasteiger partial charge in [0, 0.05) is 49.1 Å². The normalized spacial score (nSPS) is 23.4. The molecule has 0 amide bonds. The molecular formula is C14H18ClN3. The lowest BCUT2D eigenvalue weighted by Gasteiger charge is -2.46. The van der Waals surface area contributed by atoms with Crippen LogP contribution in [-0.2, 0) is 6.42 Å². The zero-order chi connectivity index (χ0) is 12.5. The van der Waals surface area contributed by atoms with Crippen LogP contribution in [0.2, 0.25) is 0 Å². The molecule has 1 saturated heterocycles. The average Bonchev–Trinajstić information content (AvgIpc) is 2.39. The van der Waals surface area contributed by atoms with Crippen LogP contribution in [0.4, 0.5) is 11.4 Å². The summed E-state index contributed by atoms with van der Waals surface area (Å²) in [4.78, 5) is 4.97. The fourth-order valence-electron chi connectivity index (χ4n) is 3.02. The lowest BCUT2D eigenvalue weighted by atomic mass is 9.94. The van der Waals surface area contributed by atoms with E-state index in [4.69, 9.17) is 17.3 Å². The van der Waals surface area contributed by atoms with Gasteiger partial charge in [0.1, 0.15) is 0 Å². The summed E-state index contributed by atoms with van der Waals surface area (Å²) in [7, 11) is 0. The number of piperazine rings is 1. The van der Waals surface area contributed by atoms with Gasteiger partial charge in [-0.15, -0.1) is 0 Å². The number of rotatable bonds is 2.